The number of nitrogens with two attached hydrogens (primary N) is 1. The van der Waals surface area contributed by atoms with Gasteiger partial charge in [-0.2, -0.15) is 0 Å². The van der Waals surface area contributed by atoms with Crippen molar-refractivity contribution in [1.82, 2.24) is 0 Å². The molecule has 1 unspecified atom stereocenters. The average molecular weight is 289 g/mol. The molecular weight excluding hydrogens is 270 g/mol. The summed E-state index contributed by atoms with van der Waals surface area (Å²) in [6, 6.07) is 1.09. The van der Waals surface area contributed by atoms with Crippen LogP contribution in [0.4, 0.5) is 0 Å². The second-order valence-electron chi connectivity index (χ2n) is 4.92. The molecule has 7 heteroatoms. The molecule has 19 heavy (non-hydrogen) atoms. The van der Waals surface area contributed by atoms with Crippen LogP contribution in [0, 0.1) is 12.8 Å². The van der Waals surface area contributed by atoms with Gasteiger partial charge in [0.05, 0.1) is 6.10 Å². The summed E-state index contributed by atoms with van der Waals surface area (Å²) in [6.45, 7) is 7.23. The molecule has 1 heterocycles. The number of furan rings is 1. The lowest BCUT2D eigenvalue weighted by Gasteiger charge is -2.13. The van der Waals surface area contributed by atoms with Crippen LogP contribution in [0.25, 0.3) is 0 Å². The highest BCUT2D eigenvalue weighted by molar-refractivity contribution is 7.89. The summed E-state index contributed by atoms with van der Waals surface area (Å²) in [5.41, 5.74) is 0. The van der Waals surface area contributed by atoms with Gasteiger partial charge in [-0.25, -0.2) is 18.4 Å². The molecule has 1 aromatic rings. The van der Waals surface area contributed by atoms with Gasteiger partial charge in [-0.05, 0) is 26.2 Å². The van der Waals surface area contributed by atoms with Crippen molar-refractivity contribution in [2.75, 3.05) is 0 Å². The maximum atomic E-state index is 11.8. The number of carbonyl (C=O) groups is 1. The molecule has 0 bridgehead atoms. The zero-order chi connectivity index (χ0) is 14.8. The topological polar surface area (TPSA) is 99.6 Å². The molecule has 0 fully saturated rings. The van der Waals surface area contributed by atoms with Crippen molar-refractivity contribution in [3.05, 3.63) is 17.6 Å². The highest BCUT2D eigenvalue weighted by Gasteiger charge is 2.23. The summed E-state index contributed by atoms with van der Waals surface area (Å²) in [5.74, 6) is -0.379. The van der Waals surface area contributed by atoms with Crippen LogP contribution in [0.3, 0.4) is 0 Å². The monoisotopic (exact) mass is 289 g/mol. The molecule has 0 aliphatic carbocycles. The van der Waals surface area contributed by atoms with Crippen LogP contribution in [-0.4, -0.2) is 20.5 Å². The van der Waals surface area contributed by atoms with Gasteiger partial charge in [-0.3, -0.25) is 0 Å². The fourth-order valence-electron chi connectivity index (χ4n) is 1.80. The van der Waals surface area contributed by atoms with E-state index in [1.54, 1.807) is 6.92 Å². The first-order valence-corrected chi connectivity index (χ1v) is 7.50. The van der Waals surface area contributed by atoms with E-state index in [4.69, 9.17) is 14.3 Å². The SMILES string of the molecule is Cc1oc(C(=O)OC(C)CC(C)C)cc1S(N)(=O)=O. The first kappa shape index (κ1) is 15.7. The van der Waals surface area contributed by atoms with Gasteiger partial charge in [0.2, 0.25) is 15.8 Å². The van der Waals surface area contributed by atoms with E-state index in [9.17, 15) is 13.2 Å². The number of primary sulfonamides is 1. The van der Waals surface area contributed by atoms with Crippen LogP contribution in [0.2, 0.25) is 0 Å². The lowest BCUT2D eigenvalue weighted by atomic mass is 10.1. The minimum atomic E-state index is -3.90. The molecule has 0 saturated heterocycles. The maximum absolute atomic E-state index is 11.8. The van der Waals surface area contributed by atoms with E-state index < -0.39 is 16.0 Å². The van der Waals surface area contributed by atoms with Gasteiger partial charge >= 0.3 is 5.97 Å². The zero-order valence-corrected chi connectivity index (χ0v) is 12.3. The molecule has 1 rings (SSSR count). The van der Waals surface area contributed by atoms with Gasteiger partial charge < -0.3 is 9.15 Å². The van der Waals surface area contributed by atoms with Crippen LogP contribution < -0.4 is 5.14 Å². The molecule has 0 aliphatic heterocycles. The van der Waals surface area contributed by atoms with Gasteiger partial charge in [0.15, 0.2) is 0 Å². The number of hydrogen-bond donors (Lipinski definition) is 1. The first-order chi connectivity index (χ1) is 8.61. The van der Waals surface area contributed by atoms with Crippen molar-refractivity contribution in [1.29, 1.82) is 0 Å². The van der Waals surface area contributed by atoms with E-state index >= 15 is 0 Å². The fraction of sp³-hybridized carbons (Fsp3) is 0.583. The Balaban J connectivity index is 2.85. The van der Waals surface area contributed by atoms with E-state index in [1.165, 1.54) is 6.92 Å². The minimum absolute atomic E-state index is 0.0750. The third-order valence-corrected chi connectivity index (χ3v) is 3.51. The third-order valence-electron chi connectivity index (χ3n) is 2.49. The van der Waals surface area contributed by atoms with Gasteiger partial charge in [0, 0.05) is 6.07 Å². The summed E-state index contributed by atoms with van der Waals surface area (Å²) in [5, 5.41) is 5.00. The summed E-state index contributed by atoms with van der Waals surface area (Å²) in [4.78, 5) is 11.6. The molecule has 2 N–H and O–H groups in total. The number of hydrogen-bond acceptors (Lipinski definition) is 5. The normalized spacial score (nSPS) is 13.6. The number of aryl methyl sites for hydroxylation is 1. The molecule has 6 nitrogen and oxygen atoms in total. The van der Waals surface area contributed by atoms with Gasteiger partial charge in [0.25, 0.3) is 0 Å². The average Bonchev–Trinajstić information content (AvgIpc) is 2.58. The number of sulfonamides is 1. The highest BCUT2D eigenvalue weighted by Crippen LogP contribution is 2.20. The Morgan fingerprint density at radius 3 is 2.42 bits per heavy atom. The number of esters is 1. The highest BCUT2D eigenvalue weighted by atomic mass is 32.2. The molecule has 108 valence electrons. The standard InChI is InChI=1S/C12H19NO5S/c1-7(2)5-8(3)17-12(14)10-6-11(9(4)18-10)19(13,15)16/h6-8H,5H2,1-4H3,(H2,13,15,16). The quantitative estimate of drug-likeness (QED) is 0.833. The first-order valence-electron chi connectivity index (χ1n) is 5.95. The molecular formula is C12H19NO5S. The van der Waals surface area contributed by atoms with Crippen LogP contribution in [0.1, 0.15) is 43.5 Å². The third kappa shape index (κ3) is 4.36. The van der Waals surface area contributed by atoms with Crippen molar-refractivity contribution >= 4 is 16.0 Å². The molecule has 0 amide bonds. The predicted molar refractivity (Wildman–Crippen MR) is 69.2 cm³/mol. The zero-order valence-electron chi connectivity index (χ0n) is 11.5. The maximum Gasteiger partial charge on any atom is 0.374 e. The van der Waals surface area contributed by atoms with E-state index in [0.29, 0.717) is 12.3 Å². The van der Waals surface area contributed by atoms with Crippen LogP contribution >= 0.6 is 0 Å². The molecule has 0 saturated carbocycles. The Morgan fingerprint density at radius 2 is 2.00 bits per heavy atom. The molecule has 0 aliphatic rings. The van der Waals surface area contributed by atoms with E-state index in [2.05, 4.69) is 0 Å². The summed E-state index contributed by atoms with van der Waals surface area (Å²) in [6.07, 6.45) is 0.448. The largest absolute Gasteiger partial charge is 0.457 e. The Bertz CT molecular complexity index is 559. The minimum Gasteiger partial charge on any atom is -0.457 e. The van der Waals surface area contributed by atoms with Gasteiger partial charge in [-0.15, -0.1) is 0 Å². The van der Waals surface area contributed by atoms with Crippen LogP contribution in [-0.2, 0) is 14.8 Å². The Labute approximate surface area is 113 Å². The summed E-state index contributed by atoms with van der Waals surface area (Å²) >= 11 is 0. The molecule has 0 aromatic carbocycles. The van der Waals surface area contributed by atoms with Crippen molar-refractivity contribution in [3.8, 4) is 0 Å². The van der Waals surface area contributed by atoms with Gasteiger partial charge in [-0.1, -0.05) is 13.8 Å². The van der Waals surface area contributed by atoms with Crippen LogP contribution in [0.5, 0.6) is 0 Å². The van der Waals surface area contributed by atoms with E-state index in [1.807, 2.05) is 13.8 Å². The Hall–Kier alpha value is -1.34. The predicted octanol–water partition coefficient (Wildman–Crippen LogP) is 1.83. The molecule has 1 aromatic heterocycles. The smallest absolute Gasteiger partial charge is 0.374 e. The molecule has 0 radical (unpaired) electrons. The molecule has 1 atom stereocenters. The van der Waals surface area contributed by atoms with Crippen molar-refractivity contribution < 1.29 is 22.4 Å². The van der Waals surface area contributed by atoms with Crippen molar-refractivity contribution in [2.24, 2.45) is 11.1 Å². The summed E-state index contributed by atoms with van der Waals surface area (Å²) in [7, 11) is -3.90. The van der Waals surface area contributed by atoms with Gasteiger partial charge in [0.1, 0.15) is 10.7 Å². The fourth-order valence-corrected chi connectivity index (χ4v) is 2.51. The number of rotatable bonds is 5. The number of ether oxygens (including phenoxy) is 1. The van der Waals surface area contributed by atoms with Crippen molar-refractivity contribution in [2.45, 2.75) is 45.1 Å². The van der Waals surface area contributed by atoms with E-state index in [-0.39, 0.29) is 22.5 Å². The molecule has 0 spiro atoms. The summed E-state index contributed by atoms with van der Waals surface area (Å²) < 4.78 is 32.7. The Kier molecular flexibility index (Phi) is 4.75. The lowest BCUT2D eigenvalue weighted by molar-refractivity contribution is 0.0263. The number of carbonyl (C=O) groups excluding carboxylic acids is 1. The van der Waals surface area contributed by atoms with Crippen molar-refractivity contribution in [3.63, 3.8) is 0 Å². The van der Waals surface area contributed by atoms with Crippen LogP contribution in [0.15, 0.2) is 15.4 Å². The van der Waals surface area contributed by atoms with E-state index in [0.717, 1.165) is 6.07 Å². The second kappa shape index (κ2) is 5.75. The Morgan fingerprint density at radius 1 is 1.42 bits per heavy atom. The lowest BCUT2D eigenvalue weighted by Crippen LogP contribution is -2.16. The second-order valence-corrected chi connectivity index (χ2v) is 6.45.